The van der Waals surface area contributed by atoms with Gasteiger partial charge >= 0.3 is 11.9 Å². The first kappa shape index (κ1) is 20.5. The summed E-state index contributed by atoms with van der Waals surface area (Å²) < 4.78 is 0. The zero-order valence-electron chi connectivity index (χ0n) is 14.9. The smallest absolute Gasteiger partial charge is 0.333 e. The van der Waals surface area contributed by atoms with Crippen LogP contribution in [0.2, 0.25) is 0 Å². The summed E-state index contributed by atoms with van der Waals surface area (Å²) in [6.45, 7) is 5.65. The van der Waals surface area contributed by atoms with Crippen LogP contribution in [-0.2, 0) is 9.59 Å². The van der Waals surface area contributed by atoms with E-state index in [1.807, 2.05) is 0 Å². The highest BCUT2D eigenvalue weighted by Gasteiger charge is 2.36. The number of carboxylic acid groups (broad SMARTS) is 2. The predicted molar refractivity (Wildman–Crippen MR) is 93.9 cm³/mol. The van der Waals surface area contributed by atoms with E-state index in [1.54, 1.807) is 0 Å². The number of hydrogen-bond acceptors (Lipinski definition) is 4. The Morgan fingerprint density at radius 3 is 2.17 bits per heavy atom. The zero-order valence-corrected chi connectivity index (χ0v) is 14.9. The minimum absolute atomic E-state index is 0.258. The van der Waals surface area contributed by atoms with Crippen LogP contribution in [0.15, 0.2) is 11.3 Å². The summed E-state index contributed by atoms with van der Waals surface area (Å²) in [4.78, 5) is 23.2. The molecule has 1 rings (SSSR count). The lowest BCUT2D eigenvalue weighted by atomic mass is 9.82. The summed E-state index contributed by atoms with van der Waals surface area (Å²) in [6.07, 6.45) is 6.81. The van der Waals surface area contributed by atoms with Gasteiger partial charge in [-0.15, -0.1) is 0 Å². The first-order valence-electron chi connectivity index (χ1n) is 9.16. The average Bonchev–Trinajstić information content (AvgIpc) is 2.55. The highest BCUT2D eigenvalue weighted by atomic mass is 16.4. The highest BCUT2D eigenvalue weighted by Crippen LogP contribution is 2.29. The van der Waals surface area contributed by atoms with Gasteiger partial charge in [0.25, 0.3) is 0 Å². The van der Waals surface area contributed by atoms with Gasteiger partial charge in [-0.2, -0.15) is 0 Å². The van der Waals surface area contributed by atoms with Crippen molar-refractivity contribution in [3.8, 4) is 0 Å². The summed E-state index contributed by atoms with van der Waals surface area (Å²) >= 11 is 0. The molecule has 0 aromatic heterocycles. The maximum Gasteiger partial charge on any atom is 0.333 e. The minimum Gasteiger partial charge on any atom is -0.481 e. The molecule has 0 bridgehead atoms. The van der Waals surface area contributed by atoms with Crippen LogP contribution in [-0.4, -0.2) is 41.3 Å². The fourth-order valence-electron chi connectivity index (χ4n) is 3.12. The van der Waals surface area contributed by atoms with Gasteiger partial charge in [0, 0.05) is 24.7 Å². The SMILES string of the molecule is CCCCCNC1=C(C(=O)O)CC(NCCCCC)C(C(=O)O)C1. The zero-order chi connectivity index (χ0) is 17.9. The second-order valence-electron chi connectivity index (χ2n) is 6.52. The van der Waals surface area contributed by atoms with Crippen LogP contribution in [0.1, 0.15) is 65.2 Å². The number of carbonyl (C=O) groups is 2. The molecular formula is C18H32N2O4. The molecule has 0 aromatic rings. The van der Waals surface area contributed by atoms with Crippen LogP contribution in [0.25, 0.3) is 0 Å². The van der Waals surface area contributed by atoms with Gasteiger partial charge in [-0.3, -0.25) is 4.79 Å². The molecule has 0 aromatic carbocycles. The number of allylic oxidation sites excluding steroid dienone is 1. The molecule has 4 N–H and O–H groups in total. The normalized spacial score (nSPS) is 20.9. The molecule has 1 aliphatic carbocycles. The van der Waals surface area contributed by atoms with E-state index in [0.717, 1.165) is 45.1 Å². The molecule has 0 saturated heterocycles. The van der Waals surface area contributed by atoms with Crippen molar-refractivity contribution in [3.63, 3.8) is 0 Å². The lowest BCUT2D eigenvalue weighted by Crippen LogP contribution is -2.45. The monoisotopic (exact) mass is 340 g/mol. The molecule has 0 aliphatic heterocycles. The van der Waals surface area contributed by atoms with E-state index in [0.29, 0.717) is 17.8 Å². The van der Waals surface area contributed by atoms with Crippen LogP contribution in [0.3, 0.4) is 0 Å². The molecule has 0 saturated carbocycles. The third kappa shape index (κ3) is 6.51. The van der Waals surface area contributed by atoms with Gasteiger partial charge in [0.2, 0.25) is 0 Å². The fourth-order valence-corrected chi connectivity index (χ4v) is 3.12. The van der Waals surface area contributed by atoms with E-state index < -0.39 is 17.9 Å². The van der Waals surface area contributed by atoms with Crippen LogP contribution in [0.5, 0.6) is 0 Å². The third-order valence-corrected chi connectivity index (χ3v) is 4.58. The van der Waals surface area contributed by atoms with Crippen molar-refractivity contribution >= 4 is 11.9 Å². The number of rotatable bonds is 12. The number of hydrogen-bond donors (Lipinski definition) is 4. The topological polar surface area (TPSA) is 98.7 Å². The summed E-state index contributed by atoms with van der Waals surface area (Å²) in [5, 5.41) is 25.5. The molecule has 2 unspecified atom stereocenters. The summed E-state index contributed by atoms with van der Waals surface area (Å²) in [5.41, 5.74) is 0.926. The van der Waals surface area contributed by atoms with E-state index in [4.69, 9.17) is 0 Å². The summed E-state index contributed by atoms with van der Waals surface area (Å²) in [5.74, 6) is -2.39. The summed E-state index contributed by atoms with van der Waals surface area (Å²) in [6, 6.07) is -0.313. The second kappa shape index (κ2) is 11.1. The van der Waals surface area contributed by atoms with Crippen molar-refractivity contribution < 1.29 is 19.8 Å². The van der Waals surface area contributed by atoms with Crippen molar-refractivity contribution in [2.24, 2.45) is 5.92 Å². The van der Waals surface area contributed by atoms with E-state index >= 15 is 0 Å². The largest absolute Gasteiger partial charge is 0.481 e. The number of unbranched alkanes of at least 4 members (excludes halogenated alkanes) is 4. The Balaban J connectivity index is 2.77. The van der Waals surface area contributed by atoms with Crippen LogP contribution < -0.4 is 10.6 Å². The molecule has 138 valence electrons. The van der Waals surface area contributed by atoms with Gasteiger partial charge in [0.15, 0.2) is 0 Å². The molecule has 0 heterocycles. The maximum absolute atomic E-state index is 11.6. The molecule has 6 heteroatoms. The second-order valence-corrected chi connectivity index (χ2v) is 6.52. The number of nitrogens with one attached hydrogen (secondary N) is 2. The molecule has 24 heavy (non-hydrogen) atoms. The van der Waals surface area contributed by atoms with Crippen LogP contribution in [0, 0.1) is 5.92 Å². The Morgan fingerprint density at radius 1 is 1.00 bits per heavy atom. The molecule has 0 fully saturated rings. The van der Waals surface area contributed by atoms with Crippen LogP contribution in [0.4, 0.5) is 0 Å². The van der Waals surface area contributed by atoms with E-state index in [2.05, 4.69) is 24.5 Å². The molecule has 6 nitrogen and oxygen atoms in total. The molecule has 0 radical (unpaired) electrons. The fraction of sp³-hybridized carbons (Fsp3) is 0.778. The standard InChI is InChI=1S/C18H32N2O4/c1-3-5-7-9-19-15-11-14(18(23)24)16(12-13(15)17(21)22)20-10-8-6-4-2/h13,15,19-20H,3-12H2,1-2H3,(H,21,22)(H,23,24). The Kier molecular flexibility index (Phi) is 9.45. The molecule has 2 atom stereocenters. The Hall–Kier alpha value is -1.56. The Labute approximate surface area is 144 Å². The number of carboxylic acids is 2. The average molecular weight is 340 g/mol. The maximum atomic E-state index is 11.6. The van der Waals surface area contributed by atoms with Crippen LogP contribution >= 0.6 is 0 Å². The van der Waals surface area contributed by atoms with Gasteiger partial charge in [0.05, 0.1) is 11.5 Å². The first-order chi connectivity index (χ1) is 11.5. The van der Waals surface area contributed by atoms with E-state index in [1.165, 1.54) is 0 Å². The quantitative estimate of drug-likeness (QED) is 0.408. The van der Waals surface area contributed by atoms with Gasteiger partial charge in [-0.05, 0) is 25.8 Å². The molecule has 0 amide bonds. The van der Waals surface area contributed by atoms with Crippen molar-refractivity contribution in [2.45, 2.75) is 71.3 Å². The van der Waals surface area contributed by atoms with Crippen molar-refractivity contribution in [3.05, 3.63) is 11.3 Å². The van der Waals surface area contributed by atoms with Gasteiger partial charge in [-0.25, -0.2) is 4.79 Å². The van der Waals surface area contributed by atoms with Gasteiger partial charge in [0.1, 0.15) is 0 Å². The van der Waals surface area contributed by atoms with E-state index in [9.17, 15) is 19.8 Å². The number of aliphatic carboxylic acids is 2. The minimum atomic E-state index is -0.947. The molecule has 0 spiro atoms. The predicted octanol–water partition coefficient (Wildman–Crippen LogP) is 2.75. The summed E-state index contributed by atoms with van der Waals surface area (Å²) in [7, 11) is 0. The third-order valence-electron chi connectivity index (χ3n) is 4.58. The highest BCUT2D eigenvalue weighted by molar-refractivity contribution is 5.88. The Bertz CT molecular complexity index is 448. The first-order valence-corrected chi connectivity index (χ1v) is 9.16. The Morgan fingerprint density at radius 2 is 1.62 bits per heavy atom. The van der Waals surface area contributed by atoms with Crippen molar-refractivity contribution in [1.29, 1.82) is 0 Å². The van der Waals surface area contributed by atoms with Crippen molar-refractivity contribution in [2.75, 3.05) is 13.1 Å². The lowest BCUT2D eigenvalue weighted by Gasteiger charge is -2.32. The van der Waals surface area contributed by atoms with Gasteiger partial charge in [-0.1, -0.05) is 39.5 Å². The van der Waals surface area contributed by atoms with E-state index in [-0.39, 0.29) is 18.9 Å². The molecular weight excluding hydrogens is 308 g/mol. The van der Waals surface area contributed by atoms with Crippen molar-refractivity contribution in [1.82, 2.24) is 10.6 Å². The lowest BCUT2D eigenvalue weighted by molar-refractivity contribution is -0.143. The van der Waals surface area contributed by atoms with Gasteiger partial charge < -0.3 is 20.8 Å². The molecule has 1 aliphatic rings.